The summed E-state index contributed by atoms with van der Waals surface area (Å²) in [6, 6.07) is 9.95. The Hall–Kier alpha value is -2.49. The Balaban J connectivity index is 1.83. The molecule has 0 aromatic heterocycles. The smallest absolute Gasteiger partial charge is 0.251 e. The molecule has 0 radical (unpaired) electrons. The fourth-order valence-corrected chi connectivity index (χ4v) is 5.22. The summed E-state index contributed by atoms with van der Waals surface area (Å²) in [5, 5.41) is 2.91. The van der Waals surface area contributed by atoms with Crippen molar-refractivity contribution in [2.45, 2.75) is 37.8 Å². The minimum atomic E-state index is -3.71. The molecule has 1 heterocycles. The number of nitrogens with one attached hydrogen (secondary N) is 1. The summed E-state index contributed by atoms with van der Waals surface area (Å²) in [5.74, 6) is -0.783. The second kappa shape index (κ2) is 10.2. The molecule has 1 saturated heterocycles. The number of anilines is 1. The molecule has 0 saturated carbocycles. The highest BCUT2D eigenvalue weighted by Crippen LogP contribution is 2.29. The van der Waals surface area contributed by atoms with E-state index < -0.39 is 22.0 Å². The molecule has 3 rings (SSSR count). The molecule has 1 amide bonds. The molecule has 0 aliphatic carbocycles. The number of carbonyl (C=O) groups excluding carboxylic acids is 1. The lowest BCUT2D eigenvalue weighted by Crippen LogP contribution is -2.45. The van der Waals surface area contributed by atoms with Crippen LogP contribution in [0, 0.1) is 5.82 Å². The number of amides is 1. The summed E-state index contributed by atoms with van der Waals surface area (Å²) in [5.41, 5.74) is 1.82. The predicted octanol–water partition coefficient (Wildman–Crippen LogP) is 3.10. The summed E-state index contributed by atoms with van der Waals surface area (Å²) in [7, 11) is -0.132. The van der Waals surface area contributed by atoms with Crippen molar-refractivity contribution >= 4 is 21.6 Å². The summed E-state index contributed by atoms with van der Waals surface area (Å²) >= 11 is 0. The third-order valence-electron chi connectivity index (χ3n) is 6.15. The Morgan fingerprint density at radius 2 is 1.73 bits per heavy atom. The predicted molar refractivity (Wildman–Crippen MR) is 129 cm³/mol. The fourth-order valence-electron chi connectivity index (χ4n) is 3.81. The molecule has 1 N–H and O–H groups in total. The Morgan fingerprint density at radius 1 is 1.06 bits per heavy atom. The second-order valence-corrected chi connectivity index (χ2v) is 10.8. The zero-order valence-corrected chi connectivity index (χ0v) is 20.7. The van der Waals surface area contributed by atoms with Gasteiger partial charge >= 0.3 is 0 Å². The first kappa shape index (κ1) is 25.1. The van der Waals surface area contributed by atoms with E-state index in [0.29, 0.717) is 5.56 Å². The maximum absolute atomic E-state index is 14.1. The van der Waals surface area contributed by atoms with E-state index in [2.05, 4.69) is 22.2 Å². The van der Waals surface area contributed by atoms with E-state index in [0.717, 1.165) is 31.9 Å². The van der Waals surface area contributed by atoms with Crippen molar-refractivity contribution in [2.75, 3.05) is 45.2 Å². The lowest BCUT2D eigenvalue weighted by molar-refractivity contribution is 0.0939. The van der Waals surface area contributed by atoms with Crippen LogP contribution in [0.5, 0.6) is 0 Å². The van der Waals surface area contributed by atoms with Gasteiger partial charge in [0.15, 0.2) is 0 Å². The van der Waals surface area contributed by atoms with Crippen LogP contribution in [0.15, 0.2) is 47.4 Å². The molecule has 33 heavy (non-hydrogen) atoms. The van der Waals surface area contributed by atoms with E-state index >= 15 is 0 Å². The van der Waals surface area contributed by atoms with E-state index in [4.69, 9.17) is 0 Å². The van der Waals surface area contributed by atoms with Crippen molar-refractivity contribution in [3.05, 3.63) is 59.4 Å². The number of nitrogens with zero attached hydrogens (tertiary/aromatic N) is 3. The number of likely N-dealkylation sites (N-methyl/N-ethyl adjacent to an activating group) is 1. The Labute approximate surface area is 196 Å². The summed E-state index contributed by atoms with van der Waals surface area (Å²) in [6.07, 6.45) is 0. The van der Waals surface area contributed by atoms with Gasteiger partial charge in [-0.3, -0.25) is 4.79 Å². The maximum Gasteiger partial charge on any atom is 0.251 e. The van der Waals surface area contributed by atoms with Gasteiger partial charge in [-0.05, 0) is 64.2 Å². The minimum Gasteiger partial charge on any atom is -0.369 e. The molecule has 2 aromatic carbocycles. The van der Waals surface area contributed by atoms with Crippen molar-refractivity contribution in [1.82, 2.24) is 14.5 Å². The highest BCUT2D eigenvalue weighted by Gasteiger charge is 2.25. The summed E-state index contributed by atoms with van der Waals surface area (Å²) < 4.78 is 41.0. The van der Waals surface area contributed by atoms with Crippen molar-refractivity contribution < 1.29 is 17.6 Å². The van der Waals surface area contributed by atoms with Crippen molar-refractivity contribution in [3.63, 3.8) is 0 Å². The number of hydrogen-bond donors (Lipinski definition) is 1. The van der Waals surface area contributed by atoms with Gasteiger partial charge in [0.05, 0.1) is 10.9 Å². The molecule has 7 nitrogen and oxygen atoms in total. The monoisotopic (exact) mass is 476 g/mol. The topological polar surface area (TPSA) is 73.0 Å². The van der Waals surface area contributed by atoms with Crippen LogP contribution in [0.25, 0.3) is 0 Å². The average Bonchev–Trinajstić information content (AvgIpc) is 2.79. The molecule has 1 unspecified atom stereocenters. The SMILES string of the molecule is CC(NC(=O)c1cccc(S(=O)(=O)N(C)C(C)C)c1)c1cc(F)ccc1N1CCN(C)CC1. The Kier molecular flexibility index (Phi) is 7.76. The van der Waals surface area contributed by atoms with E-state index in [1.807, 2.05) is 0 Å². The van der Waals surface area contributed by atoms with Crippen LogP contribution < -0.4 is 10.2 Å². The zero-order valence-electron chi connectivity index (χ0n) is 19.9. The van der Waals surface area contributed by atoms with Gasteiger partial charge in [-0.25, -0.2) is 12.8 Å². The van der Waals surface area contributed by atoms with Crippen molar-refractivity contribution in [1.29, 1.82) is 0 Å². The van der Waals surface area contributed by atoms with Gasteiger partial charge in [0.25, 0.3) is 5.91 Å². The molecular weight excluding hydrogens is 443 g/mol. The molecule has 1 fully saturated rings. The number of piperazine rings is 1. The molecule has 9 heteroatoms. The number of rotatable bonds is 7. The van der Waals surface area contributed by atoms with Gasteiger partial charge in [0.1, 0.15) is 5.82 Å². The first-order valence-corrected chi connectivity index (χ1v) is 12.6. The number of halogens is 1. The highest BCUT2D eigenvalue weighted by atomic mass is 32.2. The van der Waals surface area contributed by atoms with Crippen LogP contribution in [0.2, 0.25) is 0 Å². The lowest BCUT2D eigenvalue weighted by atomic mass is 10.0. The van der Waals surface area contributed by atoms with Crippen LogP contribution in [-0.4, -0.2) is 69.8 Å². The van der Waals surface area contributed by atoms with Gasteiger partial charge in [-0.15, -0.1) is 0 Å². The Morgan fingerprint density at radius 3 is 2.36 bits per heavy atom. The highest BCUT2D eigenvalue weighted by molar-refractivity contribution is 7.89. The molecule has 2 aromatic rings. The van der Waals surface area contributed by atoms with Gasteiger partial charge in [-0.1, -0.05) is 6.07 Å². The number of benzene rings is 2. The summed E-state index contributed by atoms with van der Waals surface area (Å²) in [4.78, 5) is 17.5. The lowest BCUT2D eigenvalue weighted by Gasteiger charge is -2.36. The van der Waals surface area contributed by atoms with Gasteiger partial charge in [0.2, 0.25) is 10.0 Å². The first-order valence-electron chi connectivity index (χ1n) is 11.1. The molecule has 180 valence electrons. The average molecular weight is 477 g/mol. The van der Waals surface area contributed by atoms with Gasteiger partial charge in [-0.2, -0.15) is 4.31 Å². The largest absolute Gasteiger partial charge is 0.369 e. The molecule has 1 aliphatic heterocycles. The van der Waals surface area contributed by atoms with Crippen LogP contribution >= 0.6 is 0 Å². The summed E-state index contributed by atoms with van der Waals surface area (Å²) in [6.45, 7) is 8.82. The van der Waals surface area contributed by atoms with E-state index in [-0.39, 0.29) is 22.3 Å². The normalized spacial score (nSPS) is 16.3. The number of carbonyl (C=O) groups is 1. The molecule has 0 spiro atoms. The van der Waals surface area contributed by atoms with Crippen LogP contribution in [-0.2, 0) is 10.0 Å². The molecular formula is C24H33FN4O3S. The van der Waals surface area contributed by atoms with Gasteiger partial charge in [0, 0.05) is 56.1 Å². The minimum absolute atomic E-state index is 0.0582. The number of hydrogen-bond acceptors (Lipinski definition) is 5. The molecule has 1 aliphatic rings. The third kappa shape index (κ3) is 5.72. The standard InChI is InChI=1S/C24H33FN4O3S/c1-17(2)28(5)33(31,32)21-8-6-7-19(15-21)24(30)26-18(3)22-16-20(25)9-10-23(22)29-13-11-27(4)12-14-29/h6-10,15-18H,11-14H2,1-5H3,(H,26,30). The third-order valence-corrected chi connectivity index (χ3v) is 8.18. The van der Waals surface area contributed by atoms with Crippen LogP contribution in [0.1, 0.15) is 42.7 Å². The fraction of sp³-hybridized carbons (Fsp3) is 0.458. The Bertz CT molecular complexity index is 1100. The number of sulfonamides is 1. The van der Waals surface area contributed by atoms with Crippen molar-refractivity contribution in [3.8, 4) is 0 Å². The molecule has 0 bridgehead atoms. The van der Waals surface area contributed by atoms with Gasteiger partial charge < -0.3 is 15.1 Å². The van der Waals surface area contributed by atoms with E-state index in [1.165, 1.54) is 35.6 Å². The van der Waals surface area contributed by atoms with Crippen molar-refractivity contribution in [2.24, 2.45) is 0 Å². The molecule has 1 atom stereocenters. The van der Waals surface area contributed by atoms with E-state index in [1.54, 1.807) is 39.0 Å². The first-order chi connectivity index (χ1) is 15.5. The zero-order chi connectivity index (χ0) is 24.3. The van der Waals surface area contributed by atoms with E-state index in [9.17, 15) is 17.6 Å². The maximum atomic E-state index is 14.1. The van der Waals surface area contributed by atoms with Crippen LogP contribution in [0.4, 0.5) is 10.1 Å². The van der Waals surface area contributed by atoms with Crippen LogP contribution in [0.3, 0.4) is 0 Å². The second-order valence-electron chi connectivity index (χ2n) is 8.83. The quantitative estimate of drug-likeness (QED) is 0.665.